The normalized spacial score (nSPS) is 14.7. The van der Waals surface area contributed by atoms with Crippen molar-refractivity contribution in [2.45, 2.75) is 30.8 Å². The number of aldehydes is 1. The zero-order chi connectivity index (χ0) is 16.8. The molecular weight excluding hydrogens is 354 g/mol. The molecular formula is C15H18BrNO5. The van der Waals surface area contributed by atoms with Gasteiger partial charge in [0, 0.05) is 0 Å². The van der Waals surface area contributed by atoms with Crippen LogP contribution in [-0.4, -0.2) is 33.8 Å². The van der Waals surface area contributed by atoms with Crippen molar-refractivity contribution in [2.24, 2.45) is 5.92 Å². The molecule has 0 aromatic heterocycles. The Bertz CT molecular complexity index is 534. The third kappa shape index (κ3) is 4.07. The van der Waals surface area contributed by atoms with Crippen molar-refractivity contribution in [3.8, 4) is 0 Å². The molecule has 0 saturated carbocycles. The lowest BCUT2D eigenvalue weighted by Gasteiger charge is -2.35. The molecule has 0 bridgehead atoms. The molecule has 22 heavy (non-hydrogen) atoms. The molecule has 0 radical (unpaired) electrons. The standard InChI is InChI=1S/C15H18BrNO5/c1-10(2)15(13(19)20,12(16)8-18)17-14(21)22-9-11-6-4-3-5-7-11/h3-8,10,12H,9H2,1-2H3,(H,17,21)(H,19,20)/t12?,15-/m1/s1. The van der Waals surface area contributed by atoms with E-state index in [-0.39, 0.29) is 6.61 Å². The van der Waals surface area contributed by atoms with Crippen LogP contribution in [-0.2, 0) is 20.9 Å². The van der Waals surface area contributed by atoms with Gasteiger partial charge in [-0.25, -0.2) is 9.59 Å². The number of alkyl halides is 1. The third-order valence-electron chi connectivity index (χ3n) is 3.34. The van der Waals surface area contributed by atoms with Gasteiger partial charge in [-0.1, -0.05) is 60.1 Å². The van der Waals surface area contributed by atoms with Crippen molar-refractivity contribution in [1.82, 2.24) is 5.32 Å². The average molecular weight is 372 g/mol. The van der Waals surface area contributed by atoms with Gasteiger partial charge in [0.1, 0.15) is 17.7 Å². The van der Waals surface area contributed by atoms with Gasteiger partial charge in [0.15, 0.2) is 5.54 Å². The molecule has 0 aliphatic rings. The Morgan fingerprint density at radius 3 is 2.41 bits per heavy atom. The second-order valence-corrected chi connectivity index (χ2v) is 6.04. The number of benzene rings is 1. The predicted molar refractivity (Wildman–Crippen MR) is 83.7 cm³/mol. The molecule has 0 heterocycles. The highest BCUT2D eigenvalue weighted by molar-refractivity contribution is 9.10. The van der Waals surface area contributed by atoms with Gasteiger partial charge in [-0.2, -0.15) is 0 Å². The van der Waals surface area contributed by atoms with E-state index in [2.05, 4.69) is 21.2 Å². The quantitative estimate of drug-likeness (QED) is 0.566. The molecule has 1 unspecified atom stereocenters. The minimum absolute atomic E-state index is 0.00844. The van der Waals surface area contributed by atoms with Crippen LogP contribution in [0.15, 0.2) is 30.3 Å². The van der Waals surface area contributed by atoms with E-state index in [1.165, 1.54) is 0 Å². The zero-order valence-electron chi connectivity index (χ0n) is 12.3. The molecule has 1 aromatic rings. The first kappa shape index (κ1) is 18.2. The molecule has 6 nitrogen and oxygen atoms in total. The molecule has 0 saturated heterocycles. The average Bonchev–Trinajstić information content (AvgIpc) is 2.50. The number of hydrogen-bond donors (Lipinski definition) is 2. The maximum Gasteiger partial charge on any atom is 0.408 e. The summed E-state index contributed by atoms with van der Waals surface area (Å²) in [6.45, 7) is 3.21. The minimum atomic E-state index is -1.78. The van der Waals surface area contributed by atoms with Crippen molar-refractivity contribution < 1.29 is 24.2 Å². The van der Waals surface area contributed by atoms with E-state index in [1.807, 2.05) is 6.07 Å². The van der Waals surface area contributed by atoms with Crippen LogP contribution in [0.3, 0.4) is 0 Å². The van der Waals surface area contributed by atoms with E-state index in [4.69, 9.17) is 4.74 Å². The molecule has 2 atom stereocenters. The fourth-order valence-electron chi connectivity index (χ4n) is 1.99. The highest BCUT2D eigenvalue weighted by Gasteiger charge is 2.49. The molecule has 0 fully saturated rings. The summed E-state index contributed by atoms with van der Waals surface area (Å²) in [7, 11) is 0. The number of carboxylic acid groups (broad SMARTS) is 1. The van der Waals surface area contributed by atoms with Gasteiger partial charge in [-0.05, 0) is 11.5 Å². The van der Waals surface area contributed by atoms with Crippen LogP contribution in [0.1, 0.15) is 19.4 Å². The topological polar surface area (TPSA) is 92.7 Å². The monoisotopic (exact) mass is 371 g/mol. The van der Waals surface area contributed by atoms with Crippen molar-refractivity contribution in [3.05, 3.63) is 35.9 Å². The van der Waals surface area contributed by atoms with Gasteiger partial charge in [-0.15, -0.1) is 0 Å². The number of carbonyl (C=O) groups is 3. The third-order valence-corrected chi connectivity index (χ3v) is 4.28. The van der Waals surface area contributed by atoms with Crippen LogP contribution in [0.4, 0.5) is 4.79 Å². The van der Waals surface area contributed by atoms with Crippen LogP contribution >= 0.6 is 15.9 Å². The summed E-state index contributed by atoms with van der Waals surface area (Å²) < 4.78 is 5.03. The lowest BCUT2D eigenvalue weighted by atomic mass is 9.83. The maximum absolute atomic E-state index is 11.9. The van der Waals surface area contributed by atoms with Gasteiger partial charge in [0.25, 0.3) is 0 Å². The molecule has 0 aliphatic carbocycles. The smallest absolute Gasteiger partial charge is 0.408 e. The Morgan fingerprint density at radius 1 is 1.36 bits per heavy atom. The van der Waals surface area contributed by atoms with Gasteiger partial charge in [0.2, 0.25) is 0 Å². The van der Waals surface area contributed by atoms with Gasteiger partial charge in [-0.3, -0.25) is 0 Å². The number of halogens is 1. The predicted octanol–water partition coefficient (Wildman–Crippen LogP) is 2.35. The summed E-state index contributed by atoms with van der Waals surface area (Å²) in [6, 6.07) is 8.98. The Hall–Kier alpha value is -1.89. The number of aliphatic carboxylic acids is 1. The number of amides is 1. The van der Waals surface area contributed by atoms with E-state index >= 15 is 0 Å². The lowest BCUT2D eigenvalue weighted by molar-refractivity contribution is -0.147. The van der Waals surface area contributed by atoms with Gasteiger partial charge < -0.3 is 20.0 Å². The largest absolute Gasteiger partial charge is 0.479 e. The molecule has 1 amide bonds. The van der Waals surface area contributed by atoms with Crippen molar-refractivity contribution in [1.29, 1.82) is 0 Å². The number of carbonyl (C=O) groups excluding carboxylic acids is 2. The van der Waals surface area contributed by atoms with Crippen LogP contribution in [0.2, 0.25) is 0 Å². The highest BCUT2D eigenvalue weighted by atomic mass is 79.9. The SMILES string of the molecule is CC(C)[C@](NC(=O)OCc1ccccc1)(C(=O)O)C(Br)C=O. The molecule has 120 valence electrons. The Morgan fingerprint density at radius 2 is 1.95 bits per heavy atom. The highest BCUT2D eigenvalue weighted by Crippen LogP contribution is 2.26. The molecule has 1 rings (SSSR count). The summed E-state index contributed by atoms with van der Waals surface area (Å²) in [5.74, 6) is -1.85. The van der Waals surface area contributed by atoms with Crippen LogP contribution in [0.5, 0.6) is 0 Å². The number of ether oxygens (including phenoxy) is 1. The Kier molecular flexibility index (Phi) is 6.55. The number of alkyl carbamates (subject to hydrolysis) is 1. The summed E-state index contributed by atoms with van der Waals surface area (Å²) in [5, 5.41) is 11.8. The van der Waals surface area contributed by atoms with Crippen molar-refractivity contribution in [2.75, 3.05) is 0 Å². The van der Waals surface area contributed by atoms with Crippen LogP contribution in [0.25, 0.3) is 0 Å². The fraction of sp³-hybridized carbons (Fsp3) is 0.400. The fourth-order valence-corrected chi connectivity index (χ4v) is 2.82. The first-order chi connectivity index (χ1) is 10.3. The molecule has 2 N–H and O–H groups in total. The number of rotatable bonds is 7. The maximum atomic E-state index is 11.9. The van der Waals surface area contributed by atoms with Crippen molar-refractivity contribution in [3.63, 3.8) is 0 Å². The summed E-state index contributed by atoms with van der Waals surface area (Å²) in [6.07, 6.45) is -0.461. The second-order valence-electron chi connectivity index (χ2n) is 5.05. The first-order valence-corrected chi connectivity index (χ1v) is 7.57. The van der Waals surface area contributed by atoms with Gasteiger partial charge >= 0.3 is 12.1 Å². The van der Waals surface area contributed by atoms with E-state index in [0.29, 0.717) is 6.29 Å². The number of nitrogens with one attached hydrogen (secondary N) is 1. The molecule has 0 spiro atoms. The van der Waals surface area contributed by atoms with E-state index in [0.717, 1.165) is 5.56 Å². The number of hydrogen-bond acceptors (Lipinski definition) is 4. The Balaban J connectivity index is 2.83. The lowest BCUT2D eigenvalue weighted by Crippen LogP contribution is -2.64. The van der Waals surface area contributed by atoms with Crippen LogP contribution < -0.4 is 5.32 Å². The van der Waals surface area contributed by atoms with Crippen LogP contribution in [0, 0.1) is 5.92 Å². The number of carboxylic acids is 1. The zero-order valence-corrected chi connectivity index (χ0v) is 13.9. The molecule has 0 aliphatic heterocycles. The molecule has 7 heteroatoms. The summed E-state index contributed by atoms with van der Waals surface area (Å²) in [4.78, 5) is 33.5. The Labute approximate surface area is 137 Å². The first-order valence-electron chi connectivity index (χ1n) is 6.66. The minimum Gasteiger partial charge on any atom is -0.479 e. The second kappa shape index (κ2) is 7.93. The van der Waals surface area contributed by atoms with E-state index < -0.39 is 28.3 Å². The summed E-state index contributed by atoms with van der Waals surface area (Å²) >= 11 is 3.01. The van der Waals surface area contributed by atoms with Gasteiger partial charge in [0.05, 0.1) is 0 Å². The molecule has 1 aromatic carbocycles. The van der Waals surface area contributed by atoms with E-state index in [1.54, 1.807) is 38.1 Å². The van der Waals surface area contributed by atoms with Crippen molar-refractivity contribution >= 4 is 34.3 Å². The summed E-state index contributed by atoms with van der Waals surface area (Å²) in [5.41, 5.74) is -1.01. The van der Waals surface area contributed by atoms with E-state index in [9.17, 15) is 19.5 Å².